The number of rotatable bonds is 4. The van der Waals surface area contributed by atoms with Crippen molar-refractivity contribution >= 4 is 11.8 Å². The predicted molar refractivity (Wildman–Crippen MR) is 87.9 cm³/mol. The van der Waals surface area contributed by atoms with Crippen LogP contribution in [0.1, 0.15) is 34.9 Å². The molecule has 0 radical (unpaired) electrons. The van der Waals surface area contributed by atoms with Gasteiger partial charge in [0.15, 0.2) is 0 Å². The first-order chi connectivity index (χ1) is 11.2. The van der Waals surface area contributed by atoms with Crippen molar-refractivity contribution in [3.63, 3.8) is 0 Å². The third kappa shape index (κ3) is 3.28. The average Bonchev–Trinajstić information content (AvgIpc) is 3.25. The zero-order valence-electron chi connectivity index (χ0n) is 13.2. The fourth-order valence-corrected chi connectivity index (χ4v) is 3.11. The van der Waals surface area contributed by atoms with Crippen LogP contribution < -0.4 is 0 Å². The maximum atomic E-state index is 12.6. The fourth-order valence-electron chi connectivity index (χ4n) is 3.11. The largest absolute Gasteiger partial charge is 0.363 e. The van der Waals surface area contributed by atoms with Crippen LogP contribution in [0.25, 0.3) is 0 Å². The summed E-state index contributed by atoms with van der Waals surface area (Å²) in [5.74, 6) is -0.136. The molecule has 1 N–H and O–H groups in total. The van der Waals surface area contributed by atoms with Gasteiger partial charge in [0.1, 0.15) is 0 Å². The number of hydrogen-bond acceptors (Lipinski definition) is 2. The normalized spacial score (nSPS) is 17.3. The Morgan fingerprint density at radius 1 is 1.22 bits per heavy atom. The average molecular weight is 311 g/mol. The number of nitrogens with zero attached hydrogens (tertiary/aromatic N) is 2. The number of hydrogen-bond donors (Lipinski definition) is 1. The van der Waals surface area contributed by atoms with Gasteiger partial charge >= 0.3 is 0 Å². The molecule has 3 rings (SSSR count). The highest BCUT2D eigenvalue weighted by Gasteiger charge is 2.31. The van der Waals surface area contributed by atoms with Gasteiger partial charge in [-0.1, -0.05) is 18.2 Å². The second-order valence-electron chi connectivity index (χ2n) is 5.90. The molecule has 0 bridgehead atoms. The summed E-state index contributed by atoms with van der Waals surface area (Å²) in [5, 5.41) is 0. The molecule has 0 spiro atoms. The molecule has 1 unspecified atom stereocenters. The van der Waals surface area contributed by atoms with Crippen molar-refractivity contribution in [2.24, 2.45) is 0 Å². The lowest BCUT2D eigenvalue weighted by Gasteiger charge is -2.26. The topological polar surface area (TPSA) is 56.4 Å². The molecular weight excluding hydrogens is 290 g/mol. The van der Waals surface area contributed by atoms with Gasteiger partial charge in [-0.2, -0.15) is 0 Å². The van der Waals surface area contributed by atoms with Gasteiger partial charge in [0.25, 0.3) is 5.91 Å². The molecule has 1 aliphatic rings. The van der Waals surface area contributed by atoms with Crippen molar-refractivity contribution < 1.29 is 9.59 Å². The molecule has 120 valence electrons. The van der Waals surface area contributed by atoms with Crippen molar-refractivity contribution in [1.82, 2.24) is 14.8 Å². The summed E-state index contributed by atoms with van der Waals surface area (Å²) in [6, 6.07) is 13.1. The van der Waals surface area contributed by atoms with Gasteiger partial charge < -0.3 is 14.8 Å². The first-order valence-electron chi connectivity index (χ1n) is 7.90. The van der Waals surface area contributed by atoms with Crippen LogP contribution in [0.3, 0.4) is 0 Å². The van der Waals surface area contributed by atoms with Crippen molar-refractivity contribution in [3.05, 3.63) is 59.9 Å². The van der Waals surface area contributed by atoms with Gasteiger partial charge in [-0.3, -0.25) is 9.59 Å². The summed E-state index contributed by atoms with van der Waals surface area (Å²) in [5.41, 5.74) is 1.66. The summed E-state index contributed by atoms with van der Waals surface area (Å²) in [6.45, 7) is 0.848. The van der Waals surface area contributed by atoms with E-state index < -0.39 is 0 Å². The molecule has 2 aromatic rings. The van der Waals surface area contributed by atoms with Crippen LogP contribution in [-0.4, -0.2) is 46.7 Å². The number of amides is 2. The van der Waals surface area contributed by atoms with E-state index in [0.29, 0.717) is 5.56 Å². The van der Waals surface area contributed by atoms with Crippen LogP contribution in [-0.2, 0) is 4.79 Å². The van der Waals surface area contributed by atoms with Crippen LogP contribution in [0.2, 0.25) is 0 Å². The monoisotopic (exact) mass is 311 g/mol. The Hall–Kier alpha value is -2.56. The van der Waals surface area contributed by atoms with E-state index in [1.165, 1.54) is 4.90 Å². The Labute approximate surface area is 135 Å². The lowest BCUT2D eigenvalue weighted by Crippen LogP contribution is -2.40. The molecule has 1 aliphatic heterocycles. The Morgan fingerprint density at radius 2 is 2.00 bits per heavy atom. The van der Waals surface area contributed by atoms with Gasteiger partial charge in [0.2, 0.25) is 5.91 Å². The number of likely N-dealkylation sites (N-methyl/N-ethyl adjacent to an activating group) is 1. The molecule has 2 amide bonds. The van der Waals surface area contributed by atoms with E-state index in [-0.39, 0.29) is 24.4 Å². The highest BCUT2D eigenvalue weighted by molar-refractivity contribution is 5.96. The lowest BCUT2D eigenvalue weighted by molar-refractivity contribution is -0.132. The minimum absolute atomic E-state index is 0.00567. The van der Waals surface area contributed by atoms with E-state index in [0.717, 1.165) is 25.1 Å². The Bertz CT molecular complexity index is 667. The molecule has 5 nitrogen and oxygen atoms in total. The van der Waals surface area contributed by atoms with Gasteiger partial charge in [-0.15, -0.1) is 0 Å². The Kier molecular flexibility index (Phi) is 4.46. The molecule has 1 aromatic carbocycles. The summed E-state index contributed by atoms with van der Waals surface area (Å²) in [4.78, 5) is 31.5. The third-order valence-electron chi connectivity index (χ3n) is 4.29. The highest BCUT2D eigenvalue weighted by Crippen LogP contribution is 2.30. The number of H-pyrrole nitrogens is 1. The minimum Gasteiger partial charge on any atom is -0.363 e. The first-order valence-corrected chi connectivity index (χ1v) is 7.90. The van der Waals surface area contributed by atoms with E-state index >= 15 is 0 Å². The zero-order chi connectivity index (χ0) is 16.2. The molecule has 1 atom stereocenters. The minimum atomic E-state index is -0.130. The molecule has 1 fully saturated rings. The van der Waals surface area contributed by atoms with E-state index in [4.69, 9.17) is 0 Å². The van der Waals surface area contributed by atoms with Crippen LogP contribution in [0.5, 0.6) is 0 Å². The van der Waals surface area contributed by atoms with Crippen LogP contribution >= 0.6 is 0 Å². The van der Waals surface area contributed by atoms with Crippen molar-refractivity contribution in [3.8, 4) is 0 Å². The molecule has 0 aliphatic carbocycles. The summed E-state index contributed by atoms with van der Waals surface area (Å²) < 4.78 is 0. The molecule has 23 heavy (non-hydrogen) atoms. The number of carbonyl (C=O) groups is 2. The first kappa shape index (κ1) is 15.3. The molecule has 0 saturated carbocycles. The smallest absolute Gasteiger partial charge is 0.254 e. The van der Waals surface area contributed by atoms with Crippen LogP contribution in [0, 0.1) is 0 Å². The zero-order valence-corrected chi connectivity index (χ0v) is 13.2. The number of aromatic amines is 1. The number of aromatic nitrogens is 1. The summed E-state index contributed by atoms with van der Waals surface area (Å²) in [6.07, 6.45) is 3.83. The molecule has 5 heteroatoms. The van der Waals surface area contributed by atoms with Crippen LogP contribution in [0.15, 0.2) is 48.7 Å². The van der Waals surface area contributed by atoms with Gasteiger partial charge in [0, 0.05) is 31.0 Å². The standard InChI is InChI=1S/C18H21N3O2/c1-20(18(23)14-7-3-2-4-8-14)13-17(22)21-12-6-10-16(21)15-9-5-11-19-15/h2-5,7-9,11,16,19H,6,10,12-13H2,1H3. The quantitative estimate of drug-likeness (QED) is 0.943. The third-order valence-corrected chi connectivity index (χ3v) is 4.29. The lowest BCUT2D eigenvalue weighted by atomic mass is 10.1. The van der Waals surface area contributed by atoms with Gasteiger partial charge in [0.05, 0.1) is 12.6 Å². The highest BCUT2D eigenvalue weighted by atomic mass is 16.2. The summed E-state index contributed by atoms with van der Waals surface area (Å²) in [7, 11) is 1.67. The van der Waals surface area contributed by atoms with Crippen molar-refractivity contribution in [1.29, 1.82) is 0 Å². The number of carbonyl (C=O) groups excluding carboxylic acids is 2. The van der Waals surface area contributed by atoms with Crippen LogP contribution in [0.4, 0.5) is 0 Å². The van der Waals surface area contributed by atoms with Crippen molar-refractivity contribution in [2.45, 2.75) is 18.9 Å². The fraction of sp³-hybridized carbons (Fsp3) is 0.333. The maximum Gasteiger partial charge on any atom is 0.254 e. The van der Waals surface area contributed by atoms with E-state index in [1.54, 1.807) is 19.2 Å². The molecule has 2 heterocycles. The molecule has 1 aromatic heterocycles. The molecule has 1 saturated heterocycles. The number of nitrogens with one attached hydrogen (secondary N) is 1. The van der Waals surface area contributed by atoms with E-state index in [9.17, 15) is 9.59 Å². The van der Waals surface area contributed by atoms with E-state index in [2.05, 4.69) is 4.98 Å². The number of likely N-dealkylation sites (tertiary alicyclic amines) is 1. The van der Waals surface area contributed by atoms with Crippen molar-refractivity contribution in [2.75, 3.05) is 20.1 Å². The summed E-state index contributed by atoms with van der Waals surface area (Å²) >= 11 is 0. The van der Waals surface area contributed by atoms with Gasteiger partial charge in [-0.25, -0.2) is 0 Å². The molecular formula is C18H21N3O2. The number of benzene rings is 1. The second kappa shape index (κ2) is 6.69. The Morgan fingerprint density at radius 3 is 2.70 bits per heavy atom. The van der Waals surface area contributed by atoms with Gasteiger partial charge in [-0.05, 0) is 37.1 Å². The second-order valence-corrected chi connectivity index (χ2v) is 5.90. The Balaban J connectivity index is 1.65. The van der Waals surface area contributed by atoms with E-state index in [1.807, 2.05) is 41.4 Å². The predicted octanol–water partition coefficient (Wildman–Crippen LogP) is 2.45. The SMILES string of the molecule is CN(CC(=O)N1CCCC1c1ccc[nH]1)C(=O)c1ccccc1. The maximum absolute atomic E-state index is 12.6.